The van der Waals surface area contributed by atoms with Crippen LogP contribution in [0.2, 0.25) is 0 Å². The van der Waals surface area contributed by atoms with Crippen molar-refractivity contribution in [1.82, 2.24) is 0 Å². The average Bonchev–Trinajstić information content (AvgIpc) is 3.42. The summed E-state index contributed by atoms with van der Waals surface area (Å²) in [7, 11) is 0. The molecule has 0 aliphatic carbocycles. The van der Waals surface area contributed by atoms with Crippen LogP contribution in [0.25, 0.3) is 11.1 Å². The predicted molar refractivity (Wildman–Crippen MR) is 146 cm³/mol. The van der Waals surface area contributed by atoms with E-state index in [9.17, 15) is 14.4 Å². The highest BCUT2D eigenvalue weighted by Crippen LogP contribution is 2.42. The lowest BCUT2D eigenvalue weighted by Gasteiger charge is -2.29. The molecule has 0 radical (unpaired) electrons. The van der Waals surface area contributed by atoms with Gasteiger partial charge in [0, 0.05) is 5.56 Å². The molecule has 2 unspecified atom stereocenters. The number of ether oxygens (including phenoxy) is 2. The van der Waals surface area contributed by atoms with E-state index in [-0.39, 0.29) is 6.61 Å². The van der Waals surface area contributed by atoms with Gasteiger partial charge in [0.05, 0.1) is 12.5 Å². The van der Waals surface area contributed by atoms with Crippen molar-refractivity contribution >= 4 is 17.7 Å². The molecule has 0 saturated heterocycles. The van der Waals surface area contributed by atoms with Gasteiger partial charge < -0.3 is 15.2 Å². The molecule has 4 rings (SSSR count). The summed E-state index contributed by atoms with van der Waals surface area (Å²) in [4.78, 5) is 39.9. The van der Waals surface area contributed by atoms with E-state index in [1.165, 1.54) is 0 Å². The fraction of sp³-hybridized carbons (Fsp3) is 0.300. The molecule has 0 aromatic heterocycles. The van der Waals surface area contributed by atoms with Crippen LogP contribution in [0.3, 0.4) is 0 Å². The molecule has 0 amide bonds. The standard InChI is InChI=1S/C30H31N5O5/c1-29(2,3)40-25(36)18-24(31)27(37)26(28(38)39-19-20-10-6-4-7-11-20)30(32-34-35-33-30)23-16-14-22(15-17-23)21-12-8-5-9-13-21/h4-17,24,26H,18-19,31H2,1-3H3. The van der Waals surface area contributed by atoms with E-state index in [4.69, 9.17) is 15.2 Å². The Morgan fingerprint density at radius 2 is 1.38 bits per heavy atom. The lowest BCUT2D eigenvalue weighted by molar-refractivity contribution is -0.160. The van der Waals surface area contributed by atoms with Gasteiger partial charge in [-0.15, -0.1) is 10.2 Å². The van der Waals surface area contributed by atoms with Crippen LogP contribution in [0.4, 0.5) is 0 Å². The Morgan fingerprint density at radius 1 is 0.825 bits per heavy atom. The van der Waals surface area contributed by atoms with Crippen LogP contribution in [0, 0.1) is 5.92 Å². The molecule has 2 N–H and O–H groups in total. The highest BCUT2D eigenvalue weighted by molar-refractivity contribution is 6.04. The topological polar surface area (TPSA) is 145 Å². The van der Waals surface area contributed by atoms with Crippen LogP contribution in [0.5, 0.6) is 0 Å². The second-order valence-electron chi connectivity index (χ2n) is 10.4. The molecule has 1 aliphatic rings. The summed E-state index contributed by atoms with van der Waals surface area (Å²) in [5.41, 5.74) is 6.54. The zero-order valence-corrected chi connectivity index (χ0v) is 22.6. The molecule has 3 aromatic rings. The molecule has 0 saturated carbocycles. The molecule has 10 nitrogen and oxygen atoms in total. The summed E-state index contributed by atoms with van der Waals surface area (Å²) in [5, 5.41) is 15.6. The molecule has 0 bridgehead atoms. The Balaban J connectivity index is 1.68. The van der Waals surface area contributed by atoms with Crippen molar-refractivity contribution < 1.29 is 23.9 Å². The third-order valence-corrected chi connectivity index (χ3v) is 6.17. The van der Waals surface area contributed by atoms with Crippen molar-refractivity contribution in [3.63, 3.8) is 0 Å². The minimum Gasteiger partial charge on any atom is -0.460 e. The van der Waals surface area contributed by atoms with Crippen LogP contribution < -0.4 is 5.73 Å². The van der Waals surface area contributed by atoms with Gasteiger partial charge >= 0.3 is 11.9 Å². The molecule has 0 fully saturated rings. The lowest BCUT2D eigenvalue weighted by atomic mass is 9.80. The normalized spacial score (nSPS) is 15.3. The van der Waals surface area contributed by atoms with Gasteiger partial charge in [0.15, 0.2) is 11.7 Å². The Labute approximate surface area is 232 Å². The zero-order chi connectivity index (χ0) is 28.8. The summed E-state index contributed by atoms with van der Waals surface area (Å²) < 4.78 is 10.9. The first-order valence-electron chi connectivity index (χ1n) is 12.8. The van der Waals surface area contributed by atoms with E-state index in [1.807, 2.05) is 48.5 Å². The number of nitrogens with zero attached hydrogens (tertiary/aromatic N) is 4. The van der Waals surface area contributed by atoms with Gasteiger partial charge in [0.25, 0.3) is 0 Å². The number of hydrogen-bond acceptors (Lipinski definition) is 10. The van der Waals surface area contributed by atoms with Gasteiger partial charge in [-0.05, 0) is 47.9 Å². The van der Waals surface area contributed by atoms with E-state index in [0.29, 0.717) is 5.56 Å². The second kappa shape index (κ2) is 12.1. The molecule has 10 heteroatoms. The Hall–Kier alpha value is -4.57. The van der Waals surface area contributed by atoms with E-state index < -0.39 is 47.4 Å². The monoisotopic (exact) mass is 541 g/mol. The number of hydrogen-bond donors (Lipinski definition) is 1. The second-order valence-corrected chi connectivity index (χ2v) is 10.4. The molecule has 2 atom stereocenters. The first kappa shape index (κ1) is 28.4. The molecule has 3 aromatic carbocycles. The molecular formula is C30H31N5O5. The van der Waals surface area contributed by atoms with E-state index >= 15 is 0 Å². The molecule has 40 heavy (non-hydrogen) atoms. The van der Waals surface area contributed by atoms with Crippen LogP contribution in [-0.4, -0.2) is 29.4 Å². The van der Waals surface area contributed by atoms with E-state index in [1.54, 1.807) is 57.2 Å². The number of carbonyl (C=O) groups excluding carboxylic acids is 3. The number of Topliss-reactive ketones (excluding diaryl/α,β-unsaturated/α-hetero) is 1. The summed E-state index contributed by atoms with van der Waals surface area (Å²) in [6, 6.07) is 24.4. The smallest absolute Gasteiger partial charge is 0.321 e. The van der Waals surface area contributed by atoms with E-state index in [0.717, 1.165) is 16.7 Å². The minimum absolute atomic E-state index is 0.0952. The minimum atomic E-state index is -1.86. The Kier molecular flexibility index (Phi) is 8.59. The van der Waals surface area contributed by atoms with Crippen molar-refractivity contribution in [2.45, 2.75) is 51.1 Å². The molecule has 1 heterocycles. The van der Waals surface area contributed by atoms with Crippen LogP contribution in [0.15, 0.2) is 106 Å². The third-order valence-electron chi connectivity index (χ3n) is 6.17. The summed E-state index contributed by atoms with van der Waals surface area (Å²) in [5.74, 6) is -4.05. The largest absolute Gasteiger partial charge is 0.460 e. The summed E-state index contributed by atoms with van der Waals surface area (Å²) in [6.45, 7) is 5.02. The maximum absolute atomic E-state index is 13.8. The van der Waals surface area contributed by atoms with Gasteiger partial charge in [-0.2, -0.15) is 0 Å². The fourth-order valence-corrected chi connectivity index (χ4v) is 4.30. The molecule has 1 aliphatic heterocycles. The highest BCUT2D eigenvalue weighted by atomic mass is 16.6. The van der Waals surface area contributed by atoms with Crippen LogP contribution >= 0.6 is 0 Å². The maximum atomic E-state index is 13.8. The van der Waals surface area contributed by atoms with Crippen molar-refractivity contribution in [2.24, 2.45) is 32.3 Å². The van der Waals surface area contributed by atoms with Gasteiger partial charge in [0.2, 0.25) is 5.66 Å². The maximum Gasteiger partial charge on any atom is 0.321 e. The van der Waals surface area contributed by atoms with Gasteiger partial charge in [-0.3, -0.25) is 14.4 Å². The van der Waals surface area contributed by atoms with Crippen molar-refractivity contribution in [3.05, 3.63) is 96.1 Å². The van der Waals surface area contributed by atoms with Gasteiger partial charge in [-0.25, -0.2) is 0 Å². The molecule has 0 spiro atoms. The number of esters is 2. The van der Waals surface area contributed by atoms with Gasteiger partial charge in [0.1, 0.15) is 12.2 Å². The molecule has 206 valence electrons. The summed E-state index contributed by atoms with van der Waals surface area (Å²) >= 11 is 0. The average molecular weight is 542 g/mol. The van der Waals surface area contributed by atoms with Crippen molar-refractivity contribution in [3.8, 4) is 11.1 Å². The Bertz CT molecular complexity index is 1390. The van der Waals surface area contributed by atoms with Crippen molar-refractivity contribution in [1.29, 1.82) is 0 Å². The number of ketones is 1. The highest BCUT2D eigenvalue weighted by Gasteiger charge is 2.54. The number of benzene rings is 3. The SMILES string of the molecule is CC(C)(C)OC(=O)CC(N)C(=O)C(C(=O)OCc1ccccc1)C1(c2ccc(-c3ccccc3)cc2)N=NN=N1. The van der Waals surface area contributed by atoms with Crippen LogP contribution in [-0.2, 0) is 36.1 Å². The molecular weight excluding hydrogens is 510 g/mol. The number of rotatable bonds is 10. The quantitative estimate of drug-likeness (QED) is 0.271. The van der Waals surface area contributed by atoms with Gasteiger partial charge in [-0.1, -0.05) is 84.9 Å². The first-order valence-corrected chi connectivity index (χ1v) is 12.8. The summed E-state index contributed by atoms with van der Waals surface area (Å²) in [6.07, 6.45) is -0.449. The first-order chi connectivity index (χ1) is 19.1. The van der Waals surface area contributed by atoms with E-state index in [2.05, 4.69) is 20.7 Å². The number of nitrogens with two attached hydrogens (primary N) is 1. The lowest BCUT2D eigenvalue weighted by Crippen LogP contribution is -2.49. The third kappa shape index (κ3) is 6.70. The zero-order valence-electron chi connectivity index (χ0n) is 22.6. The van der Waals surface area contributed by atoms with Crippen LogP contribution in [0.1, 0.15) is 38.3 Å². The van der Waals surface area contributed by atoms with Crippen molar-refractivity contribution in [2.75, 3.05) is 0 Å². The number of carbonyl (C=O) groups is 3. The fourth-order valence-electron chi connectivity index (χ4n) is 4.30. The Morgan fingerprint density at radius 3 is 1.95 bits per heavy atom. The predicted octanol–water partition coefficient (Wildman–Crippen LogP) is 5.33.